The summed E-state index contributed by atoms with van der Waals surface area (Å²) in [6.45, 7) is 7.25. The second-order valence-electron chi connectivity index (χ2n) is 1.38. The van der Waals surface area contributed by atoms with E-state index in [9.17, 15) is 5.11 Å². The molecule has 2 nitrogen and oxygen atoms in total. The van der Waals surface area contributed by atoms with Crippen LogP contribution in [-0.2, 0) is 0 Å². The number of rotatable bonds is 3. The minimum absolute atomic E-state index is 0.0880. The van der Waals surface area contributed by atoms with Crippen molar-refractivity contribution < 1.29 is 5.11 Å². The highest BCUT2D eigenvalue weighted by Gasteiger charge is 1.81. The van der Waals surface area contributed by atoms with E-state index in [0.717, 1.165) is 0 Å². The van der Waals surface area contributed by atoms with Gasteiger partial charge >= 0.3 is 0 Å². The van der Waals surface area contributed by atoms with Gasteiger partial charge in [0.15, 0.2) is 0 Å². The Balaban J connectivity index is 3.29. The molecule has 0 unspecified atom stereocenters. The van der Waals surface area contributed by atoms with Gasteiger partial charge in [0, 0.05) is 13.0 Å². The van der Waals surface area contributed by atoms with Gasteiger partial charge in [-0.25, -0.2) is 0 Å². The van der Waals surface area contributed by atoms with Gasteiger partial charge in [-0.1, -0.05) is 0 Å². The molecule has 0 fully saturated rings. The van der Waals surface area contributed by atoms with E-state index in [1.807, 2.05) is 0 Å². The third-order valence-corrected chi connectivity index (χ3v) is 0.679. The Kier molecular flexibility index (Phi) is 4.13. The molecule has 0 aliphatic rings. The average Bonchev–Trinajstić information content (AvgIpc) is 1.68. The fraction of sp³-hybridized carbons (Fsp3) is 0.500. The number of aliphatic imine (C=N–C) groups is 1. The van der Waals surface area contributed by atoms with Crippen molar-refractivity contribution in [2.24, 2.45) is 4.99 Å². The van der Waals surface area contributed by atoms with Gasteiger partial charge in [0.05, 0.1) is 13.3 Å². The minimum Gasteiger partial charge on any atom is -0.862 e. The maximum Gasteiger partial charge on any atom is 0.0893 e. The molecular formula is C6H10NO. The normalized spacial score (nSPS) is 11.9. The quantitative estimate of drug-likeness (QED) is 0.291. The third kappa shape index (κ3) is 3.53. The highest BCUT2D eigenvalue weighted by atomic mass is 16.3. The summed E-state index contributed by atoms with van der Waals surface area (Å²) >= 11 is 0. The van der Waals surface area contributed by atoms with Crippen molar-refractivity contribution in [1.29, 1.82) is 0 Å². The van der Waals surface area contributed by atoms with E-state index in [1.54, 1.807) is 0 Å². The molecule has 0 amide bonds. The van der Waals surface area contributed by atoms with Crippen LogP contribution in [0.25, 0.3) is 0 Å². The van der Waals surface area contributed by atoms with Crippen molar-refractivity contribution in [1.82, 2.24) is 0 Å². The zero-order valence-electron chi connectivity index (χ0n) is 4.89. The monoisotopic (exact) mass is 112 g/mol. The first-order valence-corrected chi connectivity index (χ1v) is 2.60. The second kappa shape index (κ2) is 4.50. The van der Waals surface area contributed by atoms with E-state index in [-0.39, 0.29) is 5.90 Å². The molecule has 0 aliphatic heterocycles. The van der Waals surface area contributed by atoms with E-state index in [0.29, 0.717) is 19.4 Å². The minimum atomic E-state index is -0.0880. The van der Waals surface area contributed by atoms with Crippen molar-refractivity contribution in [2.75, 3.05) is 6.54 Å². The third-order valence-electron chi connectivity index (χ3n) is 0.679. The molecule has 0 aromatic rings. The standard InChI is InChI=1S/C6H10NO/c1-3-5-6(8)7-4-2/h1-5H2. The molecule has 0 N–H and O–H groups in total. The van der Waals surface area contributed by atoms with Gasteiger partial charge in [0.1, 0.15) is 0 Å². The second-order valence-corrected chi connectivity index (χ2v) is 1.38. The number of hydrogen-bond acceptors (Lipinski definition) is 2. The van der Waals surface area contributed by atoms with Gasteiger partial charge in [-0.15, -0.1) is 0 Å². The maximum absolute atomic E-state index is 10.4. The van der Waals surface area contributed by atoms with Crippen molar-refractivity contribution in [2.45, 2.75) is 12.8 Å². The topological polar surface area (TPSA) is 35.4 Å². The van der Waals surface area contributed by atoms with Crippen LogP contribution in [-0.4, -0.2) is 12.4 Å². The van der Waals surface area contributed by atoms with Crippen LogP contribution in [0, 0.1) is 13.8 Å². The molecule has 0 aliphatic carbocycles. The van der Waals surface area contributed by atoms with Crippen LogP contribution in [0.3, 0.4) is 0 Å². The molecule has 0 spiro atoms. The molecule has 0 saturated heterocycles. The molecule has 1 radical (unpaired) electrons. The Morgan fingerprint density at radius 2 is 2.38 bits per heavy atom. The summed E-state index contributed by atoms with van der Waals surface area (Å²) in [6.07, 6.45) is 1.08. The fourth-order valence-electron chi connectivity index (χ4n) is 0.355. The molecule has 0 aromatic heterocycles. The van der Waals surface area contributed by atoms with Crippen LogP contribution < -0.4 is 5.11 Å². The molecule has 0 bridgehead atoms. The molecular weight excluding hydrogens is 102 g/mol. The van der Waals surface area contributed by atoms with Crippen LogP contribution >= 0.6 is 0 Å². The van der Waals surface area contributed by atoms with Crippen LogP contribution in [0.5, 0.6) is 0 Å². The van der Waals surface area contributed by atoms with E-state index >= 15 is 0 Å². The van der Waals surface area contributed by atoms with E-state index in [1.165, 1.54) is 0 Å². The van der Waals surface area contributed by atoms with Crippen molar-refractivity contribution in [3.63, 3.8) is 0 Å². The summed E-state index contributed by atoms with van der Waals surface area (Å²) in [6, 6.07) is 0. The molecule has 0 saturated carbocycles. The van der Waals surface area contributed by atoms with Gasteiger partial charge in [-0.05, 0) is 12.8 Å². The smallest absolute Gasteiger partial charge is 0.0893 e. The van der Waals surface area contributed by atoms with Gasteiger partial charge < -0.3 is 10.1 Å². The van der Waals surface area contributed by atoms with Crippen molar-refractivity contribution >= 4 is 5.90 Å². The molecule has 2 heteroatoms. The Hall–Kier alpha value is -0.660. The Labute approximate surface area is 50.3 Å². The number of nitrogens with zero attached hydrogens (tertiary/aromatic N) is 1. The summed E-state index contributed by atoms with van der Waals surface area (Å²) in [5, 5.41) is 10.4. The lowest BCUT2D eigenvalue weighted by Crippen LogP contribution is -2.16. The molecule has 0 atom stereocenters. The zero-order valence-corrected chi connectivity index (χ0v) is 4.89. The lowest BCUT2D eigenvalue weighted by atomic mass is 10.3. The SMILES string of the molecule is [CH2]CN=C([O-])CC[CH2+]. The fourth-order valence-corrected chi connectivity index (χ4v) is 0.355. The molecule has 0 rings (SSSR count). The summed E-state index contributed by atoms with van der Waals surface area (Å²) in [5.74, 6) is -0.0880. The summed E-state index contributed by atoms with van der Waals surface area (Å²) < 4.78 is 0. The van der Waals surface area contributed by atoms with E-state index < -0.39 is 0 Å². The van der Waals surface area contributed by atoms with Crippen LogP contribution in [0.1, 0.15) is 12.8 Å². The van der Waals surface area contributed by atoms with Gasteiger partial charge in [-0.2, -0.15) is 0 Å². The first-order valence-electron chi connectivity index (χ1n) is 2.60. The van der Waals surface area contributed by atoms with Gasteiger partial charge in [-0.3, -0.25) is 0 Å². The summed E-state index contributed by atoms with van der Waals surface area (Å²) in [4.78, 5) is 3.52. The van der Waals surface area contributed by atoms with Gasteiger partial charge in [0.2, 0.25) is 0 Å². The maximum atomic E-state index is 10.4. The predicted octanol–water partition coefficient (Wildman–Crippen LogP) is 0.194. The zero-order chi connectivity index (χ0) is 6.41. The Morgan fingerprint density at radius 1 is 1.75 bits per heavy atom. The van der Waals surface area contributed by atoms with E-state index in [2.05, 4.69) is 18.8 Å². The number of hydrogen-bond donors (Lipinski definition) is 0. The Morgan fingerprint density at radius 3 is 2.75 bits per heavy atom. The molecule has 0 aromatic carbocycles. The van der Waals surface area contributed by atoms with E-state index in [4.69, 9.17) is 0 Å². The Bertz CT molecular complexity index is 78.6. The highest BCUT2D eigenvalue weighted by molar-refractivity contribution is 5.71. The van der Waals surface area contributed by atoms with Crippen molar-refractivity contribution in [3.8, 4) is 0 Å². The first kappa shape index (κ1) is 7.34. The van der Waals surface area contributed by atoms with Crippen LogP contribution in [0.2, 0.25) is 0 Å². The first-order chi connectivity index (χ1) is 3.81. The largest absolute Gasteiger partial charge is 0.862 e. The lowest BCUT2D eigenvalue weighted by Gasteiger charge is -2.04. The predicted molar refractivity (Wildman–Crippen MR) is 32.2 cm³/mol. The molecule has 0 heterocycles. The lowest BCUT2D eigenvalue weighted by molar-refractivity contribution is -0.218. The van der Waals surface area contributed by atoms with Crippen LogP contribution in [0.15, 0.2) is 4.99 Å². The van der Waals surface area contributed by atoms with Crippen LogP contribution in [0.4, 0.5) is 0 Å². The van der Waals surface area contributed by atoms with Gasteiger partial charge in [0.25, 0.3) is 0 Å². The molecule has 45 valence electrons. The average molecular weight is 112 g/mol. The van der Waals surface area contributed by atoms with Crippen molar-refractivity contribution in [3.05, 3.63) is 13.8 Å². The highest BCUT2D eigenvalue weighted by Crippen LogP contribution is 1.84. The molecule has 8 heavy (non-hydrogen) atoms. The summed E-state index contributed by atoms with van der Waals surface area (Å²) in [5.41, 5.74) is 0. The summed E-state index contributed by atoms with van der Waals surface area (Å²) in [7, 11) is 0.